The highest BCUT2D eigenvalue weighted by Crippen LogP contribution is 2.34. The van der Waals surface area contributed by atoms with Crippen molar-refractivity contribution in [2.75, 3.05) is 6.26 Å². The Labute approximate surface area is 275 Å². The summed E-state index contributed by atoms with van der Waals surface area (Å²) in [5.74, 6) is 7.83. The highest BCUT2D eigenvalue weighted by molar-refractivity contribution is 8.25. The lowest BCUT2D eigenvalue weighted by Gasteiger charge is -2.13. The Morgan fingerprint density at radius 1 is 0.936 bits per heavy atom. The number of pyridine rings is 2. The van der Waals surface area contributed by atoms with E-state index in [-0.39, 0.29) is 5.82 Å². The predicted molar refractivity (Wildman–Crippen MR) is 197 cm³/mol. The molecule has 0 amide bonds. The first-order valence-corrected chi connectivity index (χ1v) is 17.6. The third-order valence-electron chi connectivity index (χ3n) is 7.74. The van der Waals surface area contributed by atoms with Crippen molar-refractivity contribution in [1.29, 1.82) is 0 Å². The molecule has 2 aromatic carbocycles. The summed E-state index contributed by atoms with van der Waals surface area (Å²) in [4.78, 5) is 13.0. The maximum Gasteiger partial charge on any atom is 0.135 e. The molecule has 0 aliphatic rings. The Kier molecular flexibility index (Phi) is 9.31. The van der Waals surface area contributed by atoms with Gasteiger partial charge in [-0.2, -0.15) is 14.5 Å². The fourth-order valence-electron chi connectivity index (χ4n) is 5.51. The van der Waals surface area contributed by atoms with Gasteiger partial charge in [0.2, 0.25) is 0 Å². The van der Waals surface area contributed by atoms with Crippen molar-refractivity contribution >= 4 is 37.7 Å². The van der Waals surface area contributed by atoms with Crippen molar-refractivity contribution in [3.63, 3.8) is 0 Å². The summed E-state index contributed by atoms with van der Waals surface area (Å²) < 4.78 is 18.2. The third-order valence-corrected chi connectivity index (χ3v) is 8.58. The minimum Gasteiger partial charge on any atom is -0.357 e. The summed E-state index contributed by atoms with van der Waals surface area (Å²) in [6.07, 6.45) is 9.28. The molecule has 0 bridgehead atoms. The van der Waals surface area contributed by atoms with Crippen LogP contribution in [0.5, 0.6) is 0 Å². The van der Waals surface area contributed by atoms with Gasteiger partial charge in [-0.1, -0.05) is 60.8 Å². The zero-order valence-corrected chi connectivity index (χ0v) is 27.4. The van der Waals surface area contributed by atoms with Gasteiger partial charge in [0.15, 0.2) is 0 Å². The Morgan fingerprint density at radius 3 is 2.53 bits per heavy atom. The highest BCUT2D eigenvalue weighted by atomic mass is 32.2. The minimum atomic E-state index is -1.44. The third kappa shape index (κ3) is 7.66. The molecule has 6 rings (SSSR count). The van der Waals surface area contributed by atoms with Crippen molar-refractivity contribution in [1.82, 2.24) is 35.2 Å². The Balaban J connectivity index is 1.29. The minimum absolute atomic E-state index is 0.312. The van der Waals surface area contributed by atoms with E-state index in [4.69, 9.17) is 4.98 Å². The van der Waals surface area contributed by atoms with E-state index < -0.39 is 9.39 Å². The standard InChI is InChI=1S/C38H38FN7S/c1-6-10-32(29-15-27(17-31(39)18-29)23-42-47(3,4)5)33-19-36(43-25(33)2)38-37-35(45-46-38)14-13-34(44-37)30-16-28(22-41-24-30)21-40-20-26-11-8-7-9-12-26/h6-19,22,24,40,42-43H,1,3-4,20-21,23H2,2,5H3,(H,45,46)/b32-10-. The Bertz CT molecular complexity index is 2190. The normalized spacial score (nSPS) is 12.1. The van der Waals surface area contributed by atoms with Gasteiger partial charge in [0.1, 0.15) is 17.0 Å². The van der Waals surface area contributed by atoms with Gasteiger partial charge >= 0.3 is 0 Å². The topological polar surface area (TPSA) is 94.3 Å². The number of benzene rings is 2. The summed E-state index contributed by atoms with van der Waals surface area (Å²) in [6.45, 7) is 7.86. The van der Waals surface area contributed by atoms with Gasteiger partial charge in [-0.15, -0.1) is 0 Å². The van der Waals surface area contributed by atoms with Gasteiger partial charge in [0.25, 0.3) is 0 Å². The summed E-state index contributed by atoms with van der Waals surface area (Å²) in [5.41, 5.74) is 11.3. The van der Waals surface area contributed by atoms with Gasteiger partial charge in [-0.3, -0.25) is 14.8 Å². The molecule has 6 aromatic rings. The second kappa shape index (κ2) is 13.7. The van der Waals surface area contributed by atoms with Crippen molar-refractivity contribution in [3.05, 3.63) is 143 Å². The van der Waals surface area contributed by atoms with E-state index in [1.165, 1.54) is 11.6 Å². The molecule has 7 nitrogen and oxygen atoms in total. The Morgan fingerprint density at radius 2 is 1.74 bits per heavy atom. The molecule has 0 spiro atoms. The maximum absolute atomic E-state index is 14.9. The fraction of sp³-hybridized carbons (Fsp3) is 0.132. The zero-order valence-electron chi connectivity index (χ0n) is 26.6. The first kappa shape index (κ1) is 31.9. The molecule has 0 saturated carbocycles. The monoisotopic (exact) mass is 643 g/mol. The van der Waals surface area contributed by atoms with Crippen molar-refractivity contribution in [3.8, 4) is 22.6 Å². The number of halogens is 1. The summed E-state index contributed by atoms with van der Waals surface area (Å²) in [7, 11) is -1.44. The molecule has 0 unspecified atom stereocenters. The zero-order chi connectivity index (χ0) is 33.0. The summed E-state index contributed by atoms with van der Waals surface area (Å²) in [5, 5.41) is 11.2. The number of H-pyrrole nitrogens is 2. The van der Waals surface area contributed by atoms with Crippen LogP contribution in [0.3, 0.4) is 0 Å². The summed E-state index contributed by atoms with van der Waals surface area (Å²) in [6, 6.07) is 23.5. The molecule has 0 aliphatic carbocycles. The van der Waals surface area contributed by atoms with E-state index in [0.717, 1.165) is 68.1 Å². The van der Waals surface area contributed by atoms with Crippen LogP contribution in [0.15, 0.2) is 104 Å². The largest absolute Gasteiger partial charge is 0.357 e. The van der Waals surface area contributed by atoms with E-state index in [1.54, 1.807) is 12.1 Å². The molecule has 47 heavy (non-hydrogen) atoms. The Hall–Kier alpha value is -5.09. The number of aryl methyl sites for hydroxylation is 1. The number of aromatic nitrogens is 5. The number of nitrogens with one attached hydrogen (secondary N) is 4. The van der Waals surface area contributed by atoms with Crippen LogP contribution in [-0.2, 0) is 19.6 Å². The van der Waals surface area contributed by atoms with E-state index in [1.807, 2.05) is 74.1 Å². The first-order valence-electron chi connectivity index (χ1n) is 15.2. The van der Waals surface area contributed by atoms with Crippen LogP contribution in [0.25, 0.3) is 39.3 Å². The maximum atomic E-state index is 14.9. The van der Waals surface area contributed by atoms with Gasteiger partial charge in [-0.25, -0.2) is 9.37 Å². The molecule has 0 fully saturated rings. The molecule has 0 atom stereocenters. The van der Waals surface area contributed by atoms with Gasteiger partial charge in [0.05, 0.1) is 16.9 Å². The lowest BCUT2D eigenvalue weighted by atomic mass is 9.95. The van der Waals surface area contributed by atoms with Gasteiger partial charge < -0.3 is 10.3 Å². The quantitative estimate of drug-likeness (QED) is 0.0811. The van der Waals surface area contributed by atoms with E-state index in [0.29, 0.717) is 18.8 Å². The molecule has 9 heteroatoms. The van der Waals surface area contributed by atoms with E-state index in [2.05, 4.69) is 66.7 Å². The smallest absolute Gasteiger partial charge is 0.135 e. The molecule has 0 radical (unpaired) electrons. The SMILES string of the molecule is C=C/C=C(/c1cc(F)cc(CNS(=C)(=C)C)c1)c1cc(-c2n[nH]c3ccc(-c4cncc(CNCc5ccccc5)c4)nc23)[nH]c1C. The molecule has 238 valence electrons. The van der Waals surface area contributed by atoms with Crippen molar-refractivity contribution in [2.45, 2.75) is 26.6 Å². The van der Waals surface area contributed by atoms with Crippen LogP contribution in [0.2, 0.25) is 0 Å². The number of allylic oxidation sites excluding steroid dienone is 2. The number of rotatable bonds is 12. The second-order valence-electron chi connectivity index (χ2n) is 11.8. The van der Waals surface area contributed by atoms with Crippen LogP contribution < -0.4 is 10.0 Å². The molecule has 0 saturated heterocycles. The van der Waals surface area contributed by atoms with Crippen molar-refractivity contribution < 1.29 is 4.39 Å². The number of hydrogen-bond donors (Lipinski definition) is 4. The predicted octanol–water partition coefficient (Wildman–Crippen LogP) is 7.67. The van der Waals surface area contributed by atoms with E-state index in [9.17, 15) is 4.39 Å². The van der Waals surface area contributed by atoms with Crippen LogP contribution >= 0.6 is 9.39 Å². The molecule has 4 N–H and O–H groups in total. The molecular formula is C38H38FN7S. The molecular weight excluding hydrogens is 606 g/mol. The molecule has 0 aliphatic heterocycles. The van der Waals surface area contributed by atoms with Crippen LogP contribution in [0.1, 0.15) is 33.5 Å². The van der Waals surface area contributed by atoms with Gasteiger partial charge in [-0.05, 0) is 83.5 Å². The van der Waals surface area contributed by atoms with E-state index >= 15 is 0 Å². The fourth-order valence-corrected chi connectivity index (χ4v) is 6.02. The number of nitrogens with zero attached hydrogens (tertiary/aromatic N) is 3. The van der Waals surface area contributed by atoms with Crippen LogP contribution in [0, 0.1) is 12.7 Å². The van der Waals surface area contributed by atoms with Crippen LogP contribution in [-0.4, -0.2) is 43.1 Å². The number of aromatic amines is 2. The highest BCUT2D eigenvalue weighted by Gasteiger charge is 2.18. The van der Waals surface area contributed by atoms with Gasteiger partial charge in [0, 0.05) is 48.8 Å². The average Bonchev–Trinajstić information content (AvgIpc) is 3.65. The average molecular weight is 644 g/mol. The lowest BCUT2D eigenvalue weighted by molar-refractivity contribution is 0.624. The van der Waals surface area contributed by atoms with Crippen molar-refractivity contribution in [2.24, 2.45) is 0 Å². The molecule has 4 aromatic heterocycles. The number of hydrogen-bond acceptors (Lipinski definition) is 5. The first-order chi connectivity index (χ1) is 22.7. The molecule has 4 heterocycles. The second-order valence-corrected chi connectivity index (χ2v) is 14.7. The number of fused-ring (bicyclic) bond motifs is 1. The van der Waals surface area contributed by atoms with Crippen LogP contribution in [0.4, 0.5) is 4.39 Å². The summed E-state index contributed by atoms with van der Waals surface area (Å²) >= 11 is 0. The lowest BCUT2D eigenvalue weighted by Crippen LogP contribution is -2.12.